The number of carbonyl (C=O) groups is 2. The van der Waals surface area contributed by atoms with E-state index in [1.807, 2.05) is 6.26 Å². The van der Waals surface area contributed by atoms with Crippen LogP contribution in [0.4, 0.5) is 0 Å². The Kier molecular flexibility index (Phi) is 8.12. The molecule has 0 saturated carbocycles. The lowest BCUT2D eigenvalue weighted by Gasteiger charge is -2.15. The average molecular weight is 234 g/mol. The van der Waals surface area contributed by atoms with Crippen molar-refractivity contribution in [2.45, 2.75) is 18.9 Å². The molecule has 0 bridgehead atoms. The highest BCUT2D eigenvalue weighted by molar-refractivity contribution is 7.98. The fourth-order valence-corrected chi connectivity index (χ4v) is 1.50. The van der Waals surface area contributed by atoms with Crippen molar-refractivity contribution in [3.8, 4) is 0 Å². The van der Waals surface area contributed by atoms with E-state index < -0.39 is 12.0 Å². The first-order chi connectivity index (χ1) is 7.15. The van der Waals surface area contributed by atoms with E-state index in [1.165, 1.54) is 7.11 Å². The molecule has 0 rings (SSSR count). The van der Waals surface area contributed by atoms with Gasteiger partial charge in [-0.3, -0.25) is 4.79 Å². The number of hydrogen-bond donors (Lipinski definition) is 2. The van der Waals surface area contributed by atoms with Crippen LogP contribution in [0.25, 0.3) is 0 Å². The molecule has 0 radical (unpaired) electrons. The van der Waals surface area contributed by atoms with E-state index in [2.05, 4.69) is 10.1 Å². The van der Waals surface area contributed by atoms with Crippen molar-refractivity contribution in [2.75, 3.05) is 25.7 Å². The van der Waals surface area contributed by atoms with Gasteiger partial charge in [-0.25, -0.2) is 4.79 Å². The van der Waals surface area contributed by atoms with Gasteiger partial charge in [0, 0.05) is 13.0 Å². The molecule has 0 saturated heterocycles. The maximum absolute atomic E-state index is 11.3. The van der Waals surface area contributed by atoms with Crippen molar-refractivity contribution in [1.82, 2.24) is 5.32 Å². The fraction of sp³-hybridized carbons (Fsp3) is 0.778. The molecule has 0 aromatic rings. The largest absolute Gasteiger partial charge is 0.467 e. The summed E-state index contributed by atoms with van der Waals surface area (Å²) < 4.78 is 4.59. The molecule has 0 aliphatic carbocycles. The third-order valence-electron chi connectivity index (χ3n) is 1.80. The second-order valence-electron chi connectivity index (χ2n) is 2.96. The summed E-state index contributed by atoms with van der Waals surface area (Å²) in [6.45, 7) is 0.280. The van der Waals surface area contributed by atoms with Crippen LogP contribution in [-0.4, -0.2) is 43.6 Å². The summed E-state index contributed by atoms with van der Waals surface area (Å²) in [5.74, 6) is 0.172. The summed E-state index contributed by atoms with van der Waals surface area (Å²) in [5.41, 5.74) is 5.23. The molecule has 0 aliphatic rings. The lowest BCUT2D eigenvalue weighted by molar-refractivity contribution is -0.145. The van der Waals surface area contributed by atoms with Crippen LogP contribution in [0.5, 0.6) is 0 Å². The van der Waals surface area contributed by atoms with Gasteiger partial charge >= 0.3 is 5.97 Å². The summed E-state index contributed by atoms with van der Waals surface area (Å²) in [4.78, 5) is 22.5. The first-order valence-corrected chi connectivity index (χ1v) is 6.11. The second-order valence-corrected chi connectivity index (χ2v) is 3.95. The maximum atomic E-state index is 11.3. The summed E-state index contributed by atoms with van der Waals surface area (Å²) in [6, 6.07) is -0.554. The number of nitrogens with one attached hydrogen (secondary N) is 1. The Bertz CT molecular complexity index is 212. The Hall–Kier alpha value is -0.750. The minimum absolute atomic E-state index is 0.214. The molecular weight excluding hydrogens is 216 g/mol. The predicted octanol–water partition coefficient (Wildman–Crippen LogP) is -0.254. The standard InChI is InChI=1S/C9H18N2O3S/c1-14-9(13)7(4-6-15-2)11-8(12)3-5-10/h7H,3-6,10H2,1-2H3,(H,11,12)/t7-/m0/s1. The van der Waals surface area contributed by atoms with Crippen LogP contribution >= 0.6 is 11.8 Å². The van der Waals surface area contributed by atoms with Gasteiger partial charge in [-0.15, -0.1) is 0 Å². The summed E-state index contributed by atoms with van der Waals surface area (Å²) >= 11 is 1.61. The molecule has 88 valence electrons. The van der Waals surface area contributed by atoms with E-state index in [-0.39, 0.29) is 18.9 Å². The van der Waals surface area contributed by atoms with Crippen LogP contribution in [0, 0.1) is 0 Å². The van der Waals surface area contributed by atoms with Crippen LogP contribution in [0.3, 0.4) is 0 Å². The number of nitrogens with two attached hydrogens (primary N) is 1. The van der Waals surface area contributed by atoms with Gasteiger partial charge in [-0.1, -0.05) is 0 Å². The normalized spacial score (nSPS) is 11.9. The van der Waals surface area contributed by atoms with Gasteiger partial charge in [-0.2, -0.15) is 11.8 Å². The lowest BCUT2D eigenvalue weighted by atomic mass is 10.2. The van der Waals surface area contributed by atoms with E-state index in [4.69, 9.17) is 5.73 Å². The molecule has 15 heavy (non-hydrogen) atoms. The van der Waals surface area contributed by atoms with Gasteiger partial charge in [0.1, 0.15) is 6.04 Å². The second kappa shape index (κ2) is 8.55. The van der Waals surface area contributed by atoms with Crippen LogP contribution < -0.4 is 11.1 Å². The number of esters is 1. The van der Waals surface area contributed by atoms with Gasteiger partial charge in [0.2, 0.25) is 5.91 Å². The molecular formula is C9H18N2O3S. The number of hydrogen-bond acceptors (Lipinski definition) is 5. The summed E-state index contributed by atoms with van der Waals surface area (Å²) in [7, 11) is 1.31. The first-order valence-electron chi connectivity index (χ1n) is 4.71. The molecule has 5 nitrogen and oxygen atoms in total. The molecule has 3 N–H and O–H groups in total. The van der Waals surface area contributed by atoms with Crippen LogP contribution in [-0.2, 0) is 14.3 Å². The number of methoxy groups -OCH3 is 1. The van der Waals surface area contributed by atoms with Crippen molar-refractivity contribution in [1.29, 1.82) is 0 Å². The van der Waals surface area contributed by atoms with Crippen molar-refractivity contribution >= 4 is 23.6 Å². The Morgan fingerprint density at radius 2 is 2.20 bits per heavy atom. The van der Waals surface area contributed by atoms with Gasteiger partial charge in [0.25, 0.3) is 0 Å². The van der Waals surface area contributed by atoms with E-state index in [0.717, 1.165) is 5.75 Å². The molecule has 0 spiro atoms. The third kappa shape index (κ3) is 6.35. The first kappa shape index (κ1) is 14.2. The Labute approximate surface area is 94.1 Å². The van der Waals surface area contributed by atoms with Crippen molar-refractivity contribution < 1.29 is 14.3 Å². The molecule has 1 amide bonds. The average Bonchev–Trinajstić information content (AvgIpc) is 2.23. The molecule has 0 unspecified atom stereocenters. The van der Waals surface area contributed by atoms with Gasteiger partial charge < -0.3 is 15.8 Å². The summed E-state index contributed by atoms with van der Waals surface area (Å²) in [5, 5.41) is 2.60. The van der Waals surface area contributed by atoms with Gasteiger partial charge in [-0.05, 0) is 18.4 Å². The molecule has 1 atom stereocenters. The Morgan fingerprint density at radius 3 is 2.67 bits per heavy atom. The zero-order valence-corrected chi connectivity index (χ0v) is 9.93. The number of thioether (sulfide) groups is 1. The predicted molar refractivity (Wildman–Crippen MR) is 60.6 cm³/mol. The van der Waals surface area contributed by atoms with Crippen molar-refractivity contribution in [2.24, 2.45) is 5.73 Å². The number of ether oxygens (including phenoxy) is 1. The third-order valence-corrected chi connectivity index (χ3v) is 2.45. The van der Waals surface area contributed by atoms with Gasteiger partial charge in [0.15, 0.2) is 0 Å². The van der Waals surface area contributed by atoms with Gasteiger partial charge in [0.05, 0.1) is 7.11 Å². The summed E-state index contributed by atoms with van der Waals surface area (Å²) in [6.07, 6.45) is 2.74. The Morgan fingerprint density at radius 1 is 1.53 bits per heavy atom. The van der Waals surface area contributed by atoms with E-state index in [9.17, 15) is 9.59 Å². The monoisotopic (exact) mass is 234 g/mol. The molecule has 0 aromatic carbocycles. The molecule has 0 heterocycles. The quantitative estimate of drug-likeness (QED) is 0.593. The number of amides is 1. The molecule has 0 fully saturated rings. The minimum atomic E-state index is -0.554. The zero-order chi connectivity index (χ0) is 11.7. The van der Waals surface area contributed by atoms with Crippen LogP contribution in [0.2, 0.25) is 0 Å². The van der Waals surface area contributed by atoms with Crippen molar-refractivity contribution in [3.63, 3.8) is 0 Å². The molecule has 0 aliphatic heterocycles. The topological polar surface area (TPSA) is 81.4 Å². The maximum Gasteiger partial charge on any atom is 0.328 e. The number of rotatable bonds is 7. The lowest BCUT2D eigenvalue weighted by Crippen LogP contribution is -2.42. The fourth-order valence-electron chi connectivity index (χ4n) is 1.02. The smallest absolute Gasteiger partial charge is 0.328 e. The van der Waals surface area contributed by atoms with Crippen LogP contribution in [0.15, 0.2) is 0 Å². The highest BCUT2D eigenvalue weighted by Crippen LogP contribution is 2.02. The van der Waals surface area contributed by atoms with E-state index in [0.29, 0.717) is 6.42 Å². The highest BCUT2D eigenvalue weighted by Gasteiger charge is 2.20. The SMILES string of the molecule is COC(=O)[C@H](CCSC)NC(=O)CCN. The zero-order valence-electron chi connectivity index (χ0n) is 9.12. The highest BCUT2D eigenvalue weighted by atomic mass is 32.2. The molecule has 6 heteroatoms. The van der Waals surface area contributed by atoms with E-state index in [1.54, 1.807) is 11.8 Å². The van der Waals surface area contributed by atoms with Crippen LogP contribution in [0.1, 0.15) is 12.8 Å². The van der Waals surface area contributed by atoms with E-state index >= 15 is 0 Å². The minimum Gasteiger partial charge on any atom is -0.467 e. The van der Waals surface area contributed by atoms with Crippen molar-refractivity contribution in [3.05, 3.63) is 0 Å². The molecule has 0 aromatic heterocycles. The number of carbonyl (C=O) groups excluding carboxylic acids is 2. The Balaban J connectivity index is 4.11.